The summed E-state index contributed by atoms with van der Waals surface area (Å²) in [7, 11) is 1.79. The van der Waals surface area contributed by atoms with Crippen LogP contribution >= 0.6 is 0 Å². The standard InChI is InChI=1S/C11H9O.2C4H9.Al/c1-12-11-8-4-6-9-5-2-3-7-10(9)11;2*1-3-4-2;/h2-6,8H,1H3;2*1,3-4H2,2H3;. The Labute approximate surface area is 133 Å². The van der Waals surface area contributed by atoms with E-state index in [9.17, 15) is 0 Å². The third kappa shape index (κ3) is 4.03. The molecule has 1 nitrogen and oxygen atoms in total. The van der Waals surface area contributed by atoms with Gasteiger partial charge in [-0.2, -0.15) is 0 Å². The normalized spacial score (nSPS) is 10.8. The lowest BCUT2D eigenvalue weighted by molar-refractivity contribution is 0.420. The predicted molar refractivity (Wildman–Crippen MR) is 95.3 cm³/mol. The Kier molecular flexibility index (Phi) is 6.62. The van der Waals surface area contributed by atoms with E-state index in [2.05, 4.69) is 50.2 Å². The first-order chi connectivity index (χ1) is 10.3. The smallest absolute Gasteiger partial charge is 0.307 e. The summed E-state index contributed by atoms with van der Waals surface area (Å²) in [6.07, 6.45) is 5.34. The SMILES string of the molecule is CCC[CH2][Al]([CH2]CCC)[c]1cccc2cccc(OC)c12. The van der Waals surface area contributed by atoms with Gasteiger partial charge < -0.3 is 4.74 Å². The summed E-state index contributed by atoms with van der Waals surface area (Å²) in [5.41, 5.74) is 0. The second-order valence-electron chi connectivity index (χ2n) is 5.89. The first kappa shape index (κ1) is 16.4. The van der Waals surface area contributed by atoms with Crippen LogP contribution in [0.4, 0.5) is 0 Å². The first-order valence-electron chi connectivity index (χ1n) is 8.37. The second-order valence-corrected chi connectivity index (χ2v) is 9.06. The van der Waals surface area contributed by atoms with Gasteiger partial charge in [0.15, 0.2) is 0 Å². The van der Waals surface area contributed by atoms with E-state index in [-0.39, 0.29) is 0 Å². The number of ether oxygens (including phenoxy) is 1. The molecule has 2 heteroatoms. The van der Waals surface area contributed by atoms with Crippen LogP contribution in [0.15, 0.2) is 36.4 Å². The fourth-order valence-electron chi connectivity index (χ4n) is 3.20. The maximum Gasteiger partial charge on any atom is 0.307 e. The minimum absolute atomic E-state index is 0.900. The molecule has 0 atom stereocenters. The first-order valence-corrected chi connectivity index (χ1v) is 10.6. The maximum atomic E-state index is 5.65. The molecule has 2 aromatic rings. The van der Waals surface area contributed by atoms with Crippen molar-refractivity contribution in [2.75, 3.05) is 7.11 Å². The number of hydrogen-bond donors (Lipinski definition) is 0. The van der Waals surface area contributed by atoms with Crippen LogP contribution in [0.25, 0.3) is 10.8 Å². The quantitative estimate of drug-likeness (QED) is 0.612. The van der Waals surface area contributed by atoms with Gasteiger partial charge >= 0.3 is 14.1 Å². The number of benzene rings is 2. The summed E-state index contributed by atoms with van der Waals surface area (Å²) < 4.78 is 7.27. The molecular formula is C19H27AlO. The largest absolute Gasteiger partial charge is 0.496 e. The summed E-state index contributed by atoms with van der Waals surface area (Å²) in [6.45, 7) is 4.60. The highest BCUT2D eigenvalue weighted by Crippen LogP contribution is 2.25. The minimum Gasteiger partial charge on any atom is -0.496 e. The zero-order chi connectivity index (χ0) is 15.1. The Morgan fingerprint density at radius 1 is 0.905 bits per heavy atom. The summed E-state index contributed by atoms with van der Waals surface area (Å²) >= 11 is -0.900. The molecule has 2 aromatic carbocycles. The van der Waals surface area contributed by atoms with Crippen LogP contribution in [0, 0.1) is 0 Å². The molecule has 0 N–H and O–H groups in total. The van der Waals surface area contributed by atoms with Crippen molar-refractivity contribution in [1.82, 2.24) is 0 Å². The van der Waals surface area contributed by atoms with E-state index in [4.69, 9.17) is 4.74 Å². The Balaban J connectivity index is 2.45. The molecule has 0 bridgehead atoms. The van der Waals surface area contributed by atoms with Gasteiger partial charge in [-0.3, -0.25) is 0 Å². The zero-order valence-electron chi connectivity index (χ0n) is 13.7. The minimum atomic E-state index is -0.900. The molecule has 0 aliphatic carbocycles. The third-order valence-electron chi connectivity index (χ3n) is 4.37. The molecule has 2 rings (SSSR count). The Hall–Kier alpha value is -0.968. The van der Waals surface area contributed by atoms with Gasteiger partial charge in [0.2, 0.25) is 0 Å². The van der Waals surface area contributed by atoms with Crippen LogP contribution in [0.5, 0.6) is 5.75 Å². The van der Waals surface area contributed by atoms with E-state index < -0.39 is 14.1 Å². The molecule has 0 saturated carbocycles. The molecule has 0 amide bonds. The van der Waals surface area contributed by atoms with Gasteiger partial charge in [0.25, 0.3) is 0 Å². The van der Waals surface area contributed by atoms with Crippen LogP contribution in [0.2, 0.25) is 10.6 Å². The third-order valence-corrected chi connectivity index (χ3v) is 7.94. The molecule has 0 saturated heterocycles. The van der Waals surface area contributed by atoms with Crippen molar-refractivity contribution >= 4 is 29.3 Å². The van der Waals surface area contributed by atoms with Gasteiger partial charge in [0.05, 0.1) is 7.11 Å². The molecular weight excluding hydrogens is 271 g/mol. The van der Waals surface area contributed by atoms with E-state index in [1.165, 1.54) is 47.0 Å². The van der Waals surface area contributed by atoms with Crippen molar-refractivity contribution in [3.8, 4) is 5.75 Å². The lowest BCUT2D eigenvalue weighted by atomic mass is 10.1. The average molecular weight is 298 g/mol. The molecule has 0 aliphatic heterocycles. The maximum absolute atomic E-state index is 5.65. The van der Waals surface area contributed by atoms with Crippen molar-refractivity contribution in [2.45, 2.75) is 50.1 Å². The molecule has 112 valence electrons. The van der Waals surface area contributed by atoms with E-state index >= 15 is 0 Å². The van der Waals surface area contributed by atoms with Gasteiger partial charge in [-0.25, -0.2) is 0 Å². The van der Waals surface area contributed by atoms with Gasteiger partial charge in [0.1, 0.15) is 5.75 Å². The van der Waals surface area contributed by atoms with Crippen molar-refractivity contribution < 1.29 is 4.74 Å². The number of methoxy groups -OCH3 is 1. The summed E-state index contributed by atoms with van der Waals surface area (Å²) in [5.74, 6) is 1.05. The van der Waals surface area contributed by atoms with E-state index in [1.807, 2.05) is 0 Å². The van der Waals surface area contributed by atoms with Gasteiger partial charge in [-0.1, -0.05) is 84.9 Å². The van der Waals surface area contributed by atoms with E-state index in [1.54, 1.807) is 11.5 Å². The number of rotatable bonds is 8. The number of fused-ring (bicyclic) bond motifs is 1. The van der Waals surface area contributed by atoms with Crippen molar-refractivity contribution in [3.05, 3.63) is 36.4 Å². The van der Waals surface area contributed by atoms with E-state index in [0.29, 0.717) is 0 Å². The van der Waals surface area contributed by atoms with Crippen LogP contribution in [-0.4, -0.2) is 21.3 Å². The molecule has 0 heterocycles. The monoisotopic (exact) mass is 298 g/mol. The Morgan fingerprint density at radius 2 is 1.52 bits per heavy atom. The summed E-state index contributed by atoms with van der Waals surface area (Å²) in [4.78, 5) is 0. The fourth-order valence-corrected chi connectivity index (χ4v) is 7.01. The molecule has 0 aliphatic rings. The van der Waals surface area contributed by atoms with Gasteiger partial charge in [-0.05, 0) is 11.5 Å². The van der Waals surface area contributed by atoms with Gasteiger partial charge in [0, 0.05) is 5.39 Å². The van der Waals surface area contributed by atoms with Crippen LogP contribution in [-0.2, 0) is 0 Å². The summed E-state index contributed by atoms with van der Waals surface area (Å²) in [5, 5.41) is 5.56. The average Bonchev–Trinajstić information content (AvgIpc) is 2.54. The molecule has 0 unspecified atom stereocenters. The highest BCUT2D eigenvalue weighted by Gasteiger charge is 2.22. The fraction of sp³-hybridized carbons (Fsp3) is 0.474. The molecule has 0 spiro atoms. The lowest BCUT2D eigenvalue weighted by Gasteiger charge is -2.16. The van der Waals surface area contributed by atoms with Crippen molar-refractivity contribution in [3.63, 3.8) is 0 Å². The highest BCUT2D eigenvalue weighted by atomic mass is 27.2. The molecule has 0 radical (unpaired) electrons. The topological polar surface area (TPSA) is 9.23 Å². The van der Waals surface area contributed by atoms with Crippen molar-refractivity contribution in [1.29, 1.82) is 0 Å². The number of hydrogen-bond acceptors (Lipinski definition) is 1. The molecule has 21 heavy (non-hydrogen) atoms. The van der Waals surface area contributed by atoms with Gasteiger partial charge in [-0.15, -0.1) is 0 Å². The summed E-state index contributed by atoms with van der Waals surface area (Å²) in [6, 6.07) is 13.2. The molecule has 0 aromatic heterocycles. The second kappa shape index (κ2) is 8.47. The van der Waals surface area contributed by atoms with E-state index in [0.717, 1.165) is 5.75 Å². The van der Waals surface area contributed by atoms with Crippen LogP contribution in [0.3, 0.4) is 0 Å². The Bertz CT molecular complexity index is 551. The Morgan fingerprint density at radius 3 is 2.10 bits per heavy atom. The van der Waals surface area contributed by atoms with Crippen LogP contribution < -0.4 is 9.16 Å². The molecule has 0 fully saturated rings. The lowest BCUT2D eigenvalue weighted by Crippen LogP contribution is -2.30. The van der Waals surface area contributed by atoms with Crippen LogP contribution in [0.1, 0.15) is 39.5 Å². The predicted octanol–water partition coefficient (Wildman–Crippen LogP) is 5.15. The zero-order valence-corrected chi connectivity index (χ0v) is 14.8. The van der Waals surface area contributed by atoms with Crippen molar-refractivity contribution in [2.24, 2.45) is 0 Å². The highest BCUT2D eigenvalue weighted by molar-refractivity contribution is 6.75. The number of unbranched alkanes of at least 4 members (excludes halogenated alkanes) is 2.